The number of nitrogens with two attached hydrogens (primary N) is 1. The number of aromatic nitrogens is 4. The summed E-state index contributed by atoms with van der Waals surface area (Å²) < 4.78 is 7.19. The van der Waals surface area contributed by atoms with Crippen LogP contribution in [0.15, 0.2) is 6.33 Å². The number of aliphatic hydroxyl groups is 2. The van der Waals surface area contributed by atoms with Crippen LogP contribution < -0.4 is 11.1 Å². The summed E-state index contributed by atoms with van der Waals surface area (Å²) in [4.78, 5) is 12.8. The van der Waals surface area contributed by atoms with Crippen molar-refractivity contribution >= 4 is 17.0 Å². The summed E-state index contributed by atoms with van der Waals surface area (Å²) in [5, 5.41) is 22.9. The van der Waals surface area contributed by atoms with Gasteiger partial charge in [0.2, 0.25) is 0 Å². The van der Waals surface area contributed by atoms with Crippen molar-refractivity contribution in [2.24, 2.45) is 5.73 Å². The predicted molar refractivity (Wildman–Crippen MR) is 74.4 cm³/mol. The first-order valence-electron chi connectivity index (χ1n) is 6.69. The topological polar surface area (TPSA) is 131 Å². The molecule has 114 valence electrons. The molecule has 1 saturated heterocycles. The monoisotopic (exact) mass is 294 g/mol. The fraction of sp³-hybridized carbons (Fsp3) is 0.583. The van der Waals surface area contributed by atoms with Crippen LogP contribution in [0.1, 0.15) is 19.0 Å². The summed E-state index contributed by atoms with van der Waals surface area (Å²) in [6.07, 6.45) is -1.70. The molecule has 21 heavy (non-hydrogen) atoms. The molecule has 0 spiro atoms. The molecule has 1 aliphatic heterocycles. The van der Waals surface area contributed by atoms with Crippen molar-refractivity contribution in [3.63, 3.8) is 0 Å². The van der Waals surface area contributed by atoms with Crippen LogP contribution in [0.5, 0.6) is 0 Å². The highest BCUT2D eigenvalue weighted by molar-refractivity contribution is 5.83. The van der Waals surface area contributed by atoms with Gasteiger partial charge < -0.3 is 26.0 Å². The molecule has 1 fully saturated rings. The normalized spacial score (nSPS) is 29.2. The Labute approximate surface area is 120 Å². The summed E-state index contributed by atoms with van der Waals surface area (Å²) in [5.74, 6) is 1.01. The quantitative estimate of drug-likeness (QED) is 0.565. The van der Waals surface area contributed by atoms with E-state index >= 15 is 0 Å². The second-order valence-electron chi connectivity index (χ2n) is 4.98. The van der Waals surface area contributed by atoms with Crippen LogP contribution in [-0.2, 0) is 11.3 Å². The zero-order valence-corrected chi connectivity index (χ0v) is 11.8. The molecule has 0 radical (unpaired) electrons. The number of nitrogens with zero attached hydrogens (tertiary/aromatic N) is 4. The largest absolute Gasteiger partial charge is 0.388 e. The molecule has 3 heterocycles. The molecular weight excluding hydrogens is 276 g/mol. The van der Waals surface area contributed by atoms with Crippen LogP contribution >= 0.6 is 0 Å². The number of hydrogen-bond acceptors (Lipinski definition) is 8. The van der Waals surface area contributed by atoms with E-state index in [-0.39, 0.29) is 6.54 Å². The summed E-state index contributed by atoms with van der Waals surface area (Å²) >= 11 is 0. The van der Waals surface area contributed by atoms with E-state index in [0.717, 1.165) is 0 Å². The zero-order chi connectivity index (χ0) is 15.1. The Balaban J connectivity index is 2.12. The van der Waals surface area contributed by atoms with E-state index < -0.39 is 24.5 Å². The molecule has 0 bridgehead atoms. The van der Waals surface area contributed by atoms with Crippen LogP contribution in [0.4, 0.5) is 5.82 Å². The highest BCUT2D eigenvalue weighted by atomic mass is 16.6. The minimum atomic E-state index is -1.05. The second-order valence-corrected chi connectivity index (χ2v) is 4.98. The molecule has 0 saturated carbocycles. The molecule has 9 nitrogen and oxygen atoms in total. The van der Waals surface area contributed by atoms with Gasteiger partial charge in [-0.05, 0) is 6.92 Å². The van der Waals surface area contributed by atoms with Gasteiger partial charge in [-0.25, -0.2) is 15.0 Å². The van der Waals surface area contributed by atoms with Gasteiger partial charge in [0.15, 0.2) is 23.2 Å². The van der Waals surface area contributed by atoms with Gasteiger partial charge in [-0.3, -0.25) is 4.57 Å². The molecule has 4 atom stereocenters. The van der Waals surface area contributed by atoms with Gasteiger partial charge in [0.05, 0.1) is 19.0 Å². The average molecular weight is 294 g/mol. The van der Waals surface area contributed by atoms with E-state index in [0.29, 0.717) is 22.8 Å². The van der Waals surface area contributed by atoms with E-state index in [9.17, 15) is 10.2 Å². The average Bonchev–Trinajstić information content (AvgIpc) is 3.02. The Bertz CT molecular complexity index is 660. The Hall–Kier alpha value is -1.81. The number of ether oxygens (including phenoxy) is 1. The third-order valence-electron chi connectivity index (χ3n) is 3.64. The van der Waals surface area contributed by atoms with Crippen molar-refractivity contribution in [1.29, 1.82) is 0 Å². The number of nitrogens with one attached hydrogen (secondary N) is 1. The third-order valence-corrected chi connectivity index (χ3v) is 3.64. The molecule has 5 N–H and O–H groups in total. The molecule has 9 heteroatoms. The zero-order valence-electron chi connectivity index (χ0n) is 11.8. The molecule has 2 aromatic heterocycles. The molecule has 0 unspecified atom stereocenters. The van der Waals surface area contributed by atoms with Gasteiger partial charge in [-0.1, -0.05) is 0 Å². The van der Waals surface area contributed by atoms with Gasteiger partial charge in [-0.2, -0.15) is 0 Å². The number of aliphatic hydroxyl groups excluding tert-OH is 2. The van der Waals surface area contributed by atoms with E-state index in [2.05, 4.69) is 20.3 Å². The van der Waals surface area contributed by atoms with Crippen molar-refractivity contribution in [2.45, 2.75) is 38.0 Å². The highest BCUT2D eigenvalue weighted by Gasteiger charge is 2.42. The molecule has 0 aromatic carbocycles. The molecule has 0 amide bonds. The van der Waals surface area contributed by atoms with E-state index in [1.54, 1.807) is 18.5 Å². The molecule has 1 aliphatic rings. The van der Waals surface area contributed by atoms with Crippen LogP contribution in [0.3, 0.4) is 0 Å². The lowest BCUT2D eigenvalue weighted by Gasteiger charge is -2.16. The lowest BCUT2D eigenvalue weighted by molar-refractivity contribution is -0.0299. The Morgan fingerprint density at radius 3 is 2.71 bits per heavy atom. The standard InChI is InChI=1S/C12H18N6O3/c1-5-8(19)9(20)12(21-5)18-4-15-7-10(14-2)16-6(3-13)17-11(7)18/h4-5,8-9,12,19-20H,3,13H2,1-2H3,(H,14,16,17)/t5-,8-,9-,12-/m1/s1. The minimum Gasteiger partial charge on any atom is -0.388 e. The van der Waals surface area contributed by atoms with Gasteiger partial charge in [0.1, 0.15) is 18.0 Å². The number of hydrogen-bond donors (Lipinski definition) is 4. The number of anilines is 1. The number of imidazole rings is 1. The van der Waals surface area contributed by atoms with Gasteiger partial charge >= 0.3 is 0 Å². The Morgan fingerprint density at radius 1 is 1.38 bits per heavy atom. The smallest absolute Gasteiger partial charge is 0.168 e. The highest BCUT2D eigenvalue weighted by Crippen LogP contribution is 2.32. The predicted octanol–water partition coefficient (Wildman–Crippen LogP) is -1.03. The minimum absolute atomic E-state index is 0.183. The number of rotatable bonds is 3. The fourth-order valence-corrected chi connectivity index (χ4v) is 2.47. The molecular formula is C12H18N6O3. The van der Waals surface area contributed by atoms with Crippen LogP contribution in [0, 0.1) is 0 Å². The Kier molecular flexibility index (Phi) is 3.49. The van der Waals surface area contributed by atoms with Crippen LogP contribution in [0.25, 0.3) is 11.2 Å². The van der Waals surface area contributed by atoms with Crippen molar-refractivity contribution < 1.29 is 14.9 Å². The van der Waals surface area contributed by atoms with Crippen molar-refractivity contribution in [1.82, 2.24) is 19.5 Å². The van der Waals surface area contributed by atoms with Crippen LogP contribution in [-0.4, -0.2) is 55.1 Å². The lowest BCUT2D eigenvalue weighted by Crippen LogP contribution is -2.30. The SMILES string of the molecule is CNc1nc(CN)nc2c1ncn2[C@@H]1O[C@H](C)[C@@H](O)[C@H]1O. The van der Waals surface area contributed by atoms with Gasteiger partial charge in [-0.15, -0.1) is 0 Å². The Morgan fingerprint density at radius 2 is 2.14 bits per heavy atom. The van der Waals surface area contributed by atoms with E-state index in [4.69, 9.17) is 10.5 Å². The third kappa shape index (κ3) is 2.14. The molecule has 3 rings (SSSR count). The molecule has 2 aromatic rings. The maximum atomic E-state index is 10.1. The molecule has 0 aliphatic carbocycles. The maximum Gasteiger partial charge on any atom is 0.168 e. The summed E-state index contributed by atoms with van der Waals surface area (Å²) in [7, 11) is 1.73. The van der Waals surface area contributed by atoms with Crippen molar-refractivity contribution in [3.8, 4) is 0 Å². The van der Waals surface area contributed by atoms with Crippen molar-refractivity contribution in [2.75, 3.05) is 12.4 Å². The fourth-order valence-electron chi connectivity index (χ4n) is 2.47. The lowest BCUT2D eigenvalue weighted by atomic mass is 10.1. The second kappa shape index (κ2) is 5.19. The summed E-state index contributed by atoms with van der Waals surface area (Å²) in [6.45, 7) is 1.88. The van der Waals surface area contributed by atoms with E-state index in [1.165, 1.54) is 6.33 Å². The first-order chi connectivity index (χ1) is 10.1. The van der Waals surface area contributed by atoms with Crippen LogP contribution in [0.2, 0.25) is 0 Å². The summed E-state index contributed by atoms with van der Waals surface area (Å²) in [6, 6.07) is 0. The van der Waals surface area contributed by atoms with Crippen molar-refractivity contribution in [3.05, 3.63) is 12.2 Å². The van der Waals surface area contributed by atoms with Gasteiger partial charge in [0, 0.05) is 7.05 Å². The summed E-state index contributed by atoms with van der Waals surface area (Å²) in [5.41, 5.74) is 6.66. The first-order valence-corrected chi connectivity index (χ1v) is 6.69. The van der Waals surface area contributed by atoms with E-state index in [1.807, 2.05) is 0 Å². The first kappa shape index (κ1) is 14.1. The van der Waals surface area contributed by atoms with Gasteiger partial charge in [0.25, 0.3) is 0 Å². The maximum absolute atomic E-state index is 10.1. The number of fused-ring (bicyclic) bond motifs is 1.